The lowest BCUT2D eigenvalue weighted by atomic mass is 9.84. The summed E-state index contributed by atoms with van der Waals surface area (Å²) in [6.07, 6.45) is 0. The molecule has 0 bridgehead atoms. The Bertz CT molecular complexity index is 453. The van der Waals surface area contributed by atoms with Gasteiger partial charge in [0.1, 0.15) is 5.75 Å². The molecule has 0 saturated carbocycles. The molecular formula is C17H30N2O. The second kappa shape index (κ2) is 6.59. The smallest absolute Gasteiger partial charge is 0.124 e. The lowest BCUT2D eigenvalue weighted by Gasteiger charge is -2.42. The fourth-order valence-corrected chi connectivity index (χ4v) is 2.65. The molecule has 3 nitrogen and oxygen atoms in total. The Hall–Kier alpha value is -1.06. The molecule has 1 atom stereocenters. The highest BCUT2D eigenvalue weighted by Crippen LogP contribution is 2.37. The molecule has 1 unspecified atom stereocenters. The van der Waals surface area contributed by atoms with Crippen molar-refractivity contribution in [1.29, 1.82) is 0 Å². The van der Waals surface area contributed by atoms with E-state index in [4.69, 9.17) is 4.74 Å². The van der Waals surface area contributed by atoms with E-state index in [1.807, 2.05) is 0 Å². The SMILES string of the molecule is CCNC(c1c(C)cc(C)cc1OC)C(C)(C)N(C)C. The molecular weight excluding hydrogens is 248 g/mol. The van der Waals surface area contributed by atoms with Crippen LogP contribution in [0.15, 0.2) is 12.1 Å². The van der Waals surface area contributed by atoms with Crippen LogP contribution in [0.2, 0.25) is 0 Å². The van der Waals surface area contributed by atoms with Gasteiger partial charge in [0.15, 0.2) is 0 Å². The number of ether oxygens (including phenoxy) is 1. The fourth-order valence-electron chi connectivity index (χ4n) is 2.65. The normalized spacial score (nSPS) is 13.7. The van der Waals surface area contributed by atoms with E-state index in [1.54, 1.807) is 7.11 Å². The van der Waals surface area contributed by atoms with Crippen LogP contribution in [0.25, 0.3) is 0 Å². The molecule has 0 heterocycles. The number of methoxy groups -OCH3 is 1. The molecule has 1 aromatic carbocycles. The van der Waals surface area contributed by atoms with Crippen molar-refractivity contribution in [1.82, 2.24) is 10.2 Å². The highest BCUT2D eigenvalue weighted by atomic mass is 16.5. The summed E-state index contributed by atoms with van der Waals surface area (Å²) in [5.41, 5.74) is 3.77. The first-order valence-electron chi connectivity index (χ1n) is 7.31. The maximum absolute atomic E-state index is 5.65. The Morgan fingerprint density at radius 1 is 1.25 bits per heavy atom. The van der Waals surface area contributed by atoms with Gasteiger partial charge in [0.25, 0.3) is 0 Å². The van der Waals surface area contributed by atoms with Gasteiger partial charge in [-0.15, -0.1) is 0 Å². The number of likely N-dealkylation sites (N-methyl/N-ethyl adjacent to an activating group) is 2. The van der Waals surface area contributed by atoms with Crippen LogP contribution >= 0.6 is 0 Å². The summed E-state index contributed by atoms with van der Waals surface area (Å²) >= 11 is 0. The van der Waals surface area contributed by atoms with Gasteiger partial charge in [0, 0.05) is 11.1 Å². The van der Waals surface area contributed by atoms with E-state index >= 15 is 0 Å². The van der Waals surface area contributed by atoms with E-state index in [9.17, 15) is 0 Å². The van der Waals surface area contributed by atoms with Crippen molar-refractivity contribution < 1.29 is 4.74 Å². The molecule has 0 aromatic heterocycles. The Morgan fingerprint density at radius 3 is 2.30 bits per heavy atom. The molecule has 0 spiro atoms. The Kier molecular flexibility index (Phi) is 5.60. The average molecular weight is 278 g/mol. The van der Waals surface area contributed by atoms with Gasteiger partial charge < -0.3 is 15.0 Å². The highest BCUT2D eigenvalue weighted by molar-refractivity contribution is 5.46. The molecule has 0 aliphatic heterocycles. The minimum absolute atomic E-state index is 0.0106. The molecule has 1 rings (SSSR count). The van der Waals surface area contributed by atoms with Crippen molar-refractivity contribution in [2.75, 3.05) is 27.7 Å². The Balaban J connectivity index is 3.42. The lowest BCUT2D eigenvalue weighted by Crippen LogP contribution is -2.49. The fraction of sp³-hybridized carbons (Fsp3) is 0.647. The van der Waals surface area contributed by atoms with Crippen molar-refractivity contribution in [3.63, 3.8) is 0 Å². The molecule has 114 valence electrons. The zero-order chi connectivity index (χ0) is 15.5. The standard InChI is InChI=1S/C17H30N2O/c1-9-18-16(17(4,5)19(6)7)15-13(3)10-12(2)11-14(15)20-8/h10-11,16,18H,9H2,1-8H3. The molecule has 0 saturated heterocycles. The van der Waals surface area contributed by atoms with E-state index in [2.05, 4.69) is 71.1 Å². The maximum atomic E-state index is 5.65. The highest BCUT2D eigenvalue weighted by Gasteiger charge is 2.35. The zero-order valence-corrected chi connectivity index (χ0v) is 14.3. The summed E-state index contributed by atoms with van der Waals surface area (Å²) in [4.78, 5) is 2.26. The molecule has 3 heteroatoms. The van der Waals surface area contributed by atoms with E-state index in [0.717, 1.165) is 12.3 Å². The predicted molar refractivity (Wildman–Crippen MR) is 86.7 cm³/mol. The van der Waals surface area contributed by atoms with Crippen LogP contribution in [0, 0.1) is 13.8 Å². The van der Waals surface area contributed by atoms with Crippen LogP contribution in [0.1, 0.15) is 43.5 Å². The first-order valence-corrected chi connectivity index (χ1v) is 7.31. The first kappa shape index (κ1) is 17.0. The topological polar surface area (TPSA) is 24.5 Å². The van der Waals surface area contributed by atoms with Crippen LogP contribution in [0.4, 0.5) is 0 Å². The van der Waals surface area contributed by atoms with Crippen molar-refractivity contribution >= 4 is 0 Å². The molecule has 20 heavy (non-hydrogen) atoms. The second-order valence-corrected chi connectivity index (χ2v) is 6.24. The number of rotatable bonds is 6. The lowest BCUT2D eigenvalue weighted by molar-refractivity contribution is 0.137. The molecule has 1 N–H and O–H groups in total. The van der Waals surface area contributed by atoms with E-state index in [1.165, 1.54) is 16.7 Å². The Morgan fingerprint density at radius 2 is 1.85 bits per heavy atom. The third-order valence-electron chi connectivity index (χ3n) is 4.27. The minimum atomic E-state index is -0.0106. The quantitative estimate of drug-likeness (QED) is 0.864. The van der Waals surface area contributed by atoms with Crippen LogP contribution in [0.5, 0.6) is 5.75 Å². The number of nitrogens with zero attached hydrogens (tertiary/aromatic N) is 1. The first-order chi connectivity index (χ1) is 9.25. The van der Waals surface area contributed by atoms with Gasteiger partial charge in [-0.3, -0.25) is 0 Å². The Labute approximate surface area is 124 Å². The number of aryl methyl sites for hydroxylation is 2. The summed E-state index contributed by atoms with van der Waals surface area (Å²) in [7, 11) is 6.00. The number of benzene rings is 1. The summed E-state index contributed by atoms with van der Waals surface area (Å²) in [6, 6.07) is 4.57. The largest absolute Gasteiger partial charge is 0.496 e. The molecule has 0 radical (unpaired) electrons. The minimum Gasteiger partial charge on any atom is -0.496 e. The van der Waals surface area contributed by atoms with E-state index < -0.39 is 0 Å². The monoisotopic (exact) mass is 278 g/mol. The van der Waals surface area contributed by atoms with Gasteiger partial charge in [-0.1, -0.05) is 13.0 Å². The van der Waals surface area contributed by atoms with Crippen LogP contribution in [-0.2, 0) is 0 Å². The number of hydrogen-bond acceptors (Lipinski definition) is 3. The summed E-state index contributed by atoms with van der Waals surface area (Å²) < 4.78 is 5.65. The van der Waals surface area contributed by atoms with Crippen molar-refractivity contribution in [2.45, 2.75) is 46.2 Å². The van der Waals surface area contributed by atoms with Gasteiger partial charge in [0.05, 0.1) is 13.2 Å². The van der Waals surface area contributed by atoms with Gasteiger partial charge in [-0.25, -0.2) is 0 Å². The summed E-state index contributed by atoms with van der Waals surface area (Å²) in [5, 5.41) is 3.63. The van der Waals surface area contributed by atoms with E-state index in [0.29, 0.717) is 0 Å². The maximum Gasteiger partial charge on any atom is 0.124 e. The molecule has 0 aliphatic rings. The molecule has 1 aromatic rings. The van der Waals surface area contributed by atoms with Gasteiger partial charge >= 0.3 is 0 Å². The van der Waals surface area contributed by atoms with Crippen molar-refractivity contribution in [3.05, 3.63) is 28.8 Å². The number of hydrogen-bond donors (Lipinski definition) is 1. The number of nitrogens with one attached hydrogen (secondary N) is 1. The molecule has 0 aliphatic carbocycles. The predicted octanol–water partition coefficient (Wildman–Crippen LogP) is 3.30. The molecule has 0 amide bonds. The van der Waals surface area contributed by atoms with E-state index in [-0.39, 0.29) is 11.6 Å². The zero-order valence-electron chi connectivity index (χ0n) is 14.3. The van der Waals surface area contributed by atoms with Crippen LogP contribution in [-0.4, -0.2) is 38.2 Å². The summed E-state index contributed by atoms with van der Waals surface area (Å²) in [6.45, 7) is 11.9. The van der Waals surface area contributed by atoms with Crippen molar-refractivity contribution in [2.24, 2.45) is 0 Å². The average Bonchev–Trinajstić information content (AvgIpc) is 2.35. The van der Waals surface area contributed by atoms with Gasteiger partial charge in [-0.2, -0.15) is 0 Å². The van der Waals surface area contributed by atoms with Crippen molar-refractivity contribution in [3.8, 4) is 5.75 Å². The van der Waals surface area contributed by atoms with Crippen LogP contribution < -0.4 is 10.1 Å². The van der Waals surface area contributed by atoms with Gasteiger partial charge in [-0.05, 0) is 65.5 Å². The third kappa shape index (κ3) is 3.33. The van der Waals surface area contributed by atoms with Gasteiger partial charge in [0.2, 0.25) is 0 Å². The molecule has 0 fully saturated rings. The summed E-state index contributed by atoms with van der Waals surface area (Å²) in [5.74, 6) is 0.975. The second-order valence-electron chi connectivity index (χ2n) is 6.24. The van der Waals surface area contributed by atoms with Crippen LogP contribution in [0.3, 0.4) is 0 Å². The third-order valence-corrected chi connectivity index (χ3v) is 4.27.